The molecule has 2 aromatic heterocycles. The molecule has 7 heteroatoms. The monoisotopic (exact) mass is 280 g/mol. The zero-order chi connectivity index (χ0) is 14.0. The fourth-order valence-electron chi connectivity index (χ4n) is 1.53. The number of pyridine rings is 1. The van der Waals surface area contributed by atoms with Crippen LogP contribution < -0.4 is 11.1 Å². The summed E-state index contributed by atoms with van der Waals surface area (Å²) in [6.45, 7) is 3.54. The molecule has 0 aromatic carbocycles. The van der Waals surface area contributed by atoms with Gasteiger partial charge in [0, 0.05) is 0 Å². The van der Waals surface area contributed by atoms with E-state index in [4.69, 9.17) is 21.8 Å². The molecule has 3 N–H and O–H groups in total. The highest BCUT2D eigenvalue weighted by atomic mass is 35.5. The van der Waals surface area contributed by atoms with Crippen LogP contribution in [0.25, 0.3) is 0 Å². The molecule has 1 amide bonds. The van der Waals surface area contributed by atoms with Crippen LogP contribution in [0.1, 0.15) is 35.0 Å². The van der Waals surface area contributed by atoms with E-state index in [0.717, 1.165) is 0 Å². The number of anilines is 1. The summed E-state index contributed by atoms with van der Waals surface area (Å²) in [5.41, 5.74) is 6.17. The van der Waals surface area contributed by atoms with Crippen LogP contribution in [0.4, 0.5) is 5.69 Å². The molecule has 0 spiro atoms. The summed E-state index contributed by atoms with van der Waals surface area (Å²) in [7, 11) is 0. The number of hydrogen-bond donors (Lipinski definition) is 2. The second-order valence-corrected chi connectivity index (χ2v) is 4.47. The normalized spacial score (nSPS) is 12.2. The van der Waals surface area contributed by atoms with E-state index in [1.807, 2.05) is 0 Å². The molecule has 0 bridgehead atoms. The number of amides is 1. The van der Waals surface area contributed by atoms with Crippen molar-refractivity contribution >= 4 is 23.2 Å². The number of aromatic nitrogens is 2. The Labute approximate surface area is 115 Å². The van der Waals surface area contributed by atoms with Crippen molar-refractivity contribution in [3.05, 3.63) is 40.8 Å². The van der Waals surface area contributed by atoms with Crippen molar-refractivity contribution in [2.24, 2.45) is 0 Å². The lowest BCUT2D eigenvalue weighted by Gasteiger charge is -2.11. The SMILES string of the molecule is Cc1cnc(C(C)NC(=O)c2cc(N)cnc2Cl)o1. The Kier molecular flexibility index (Phi) is 3.71. The first-order valence-corrected chi connectivity index (χ1v) is 5.99. The molecule has 2 heterocycles. The average Bonchev–Trinajstić information content (AvgIpc) is 2.79. The molecule has 100 valence electrons. The second kappa shape index (κ2) is 5.27. The number of carbonyl (C=O) groups excluding carboxylic acids is 1. The fraction of sp³-hybridized carbons (Fsp3) is 0.250. The molecule has 19 heavy (non-hydrogen) atoms. The van der Waals surface area contributed by atoms with Gasteiger partial charge in [-0.25, -0.2) is 9.97 Å². The van der Waals surface area contributed by atoms with Crippen molar-refractivity contribution in [1.29, 1.82) is 0 Å². The van der Waals surface area contributed by atoms with Gasteiger partial charge in [-0.2, -0.15) is 0 Å². The minimum absolute atomic E-state index is 0.0995. The number of nitrogens with two attached hydrogens (primary N) is 1. The topological polar surface area (TPSA) is 94.0 Å². The fourth-order valence-corrected chi connectivity index (χ4v) is 1.72. The number of carbonyl (C=O) groups is 1. The average molecular weight is 281 g/mol. The Morgan fingerprint density at radius 2 is 2.21 bits per heavy atom. The van der Waals surface area contributed by atoms with E-state index < -0.39 is 0 Å². The highest BCUT2D eigenvalue weighted by Gasteiger charge is 2.18. The number of nitrogens with zero attached hydrogens (tertiary/aromatic N) is 2. The van der Waals surface area contributed by atoms with Crippen molar-refractivity contribution in [3.63, 3.8) is 0 Å². The standard InChI is InChI=1S/C12H13ClN4O2/c1-6-4-16-12(19-6)7(2)17-11(18)9-3-8(14)5-15-10(9)13/h3-5,7H,14H2,1-2H3,(H,17,18). The number of nitrogens with one attached hydrogen (secondary N) is 1. The van der Waals surface area contributed by atoms with Gasteiger partial charge in [0.2, 0.25) is 5.89 Å². The Bertz CT molecular complexity index is 612. The van der Waals surface area contributed by atoms with Gasteiger partial charge in [-0.3, -0.25) is 4.79 Å². The number of oxazole rings is 1. The van der Waals surface area contributed by atoms with Gasteiger partial charge in [-0.15, -0.1) is 0 Å². The van der Waals surface area contributed by atoms with Gasteiger partial charge in [-0.1, -0.05) is 11.6 Å². The van der Waals surface area contributed by atoms with Gasteiger partial charge >= 0.3 is 0 Å². The molecule has 1 unspecified atom stereocenters. The van der Waals surface area contributed by atoms with E-state index in [2.05, 4.69) is 15.3 Å². The lowest BCUT2D eigenvalue weighted by molar-refractivity contribution is 0.0933. The van der Waals surface area contributed by atoms with Gasteiger partial charge in [0.15, 0.2) is 0 Å². The predicted octanol–water partition coefficient (Wildman–Crippen LogP) is 2.10. The molecule has 2 rings (SSSR count). The smallest absolute Gasteiger partial charge is 0.255 e. The largest absolute Gasteiger partial charge is 0.444 e. The van der Waals surface area contributed by atoms with E-state index in [9.17, 15) is 4.79 Å². The zero-order valence-electron chi connectivity index (χ0n) is 10.5. The van der Waals surface area contributed by atoms with Crippen LogP contribution in [-0.2, 0) is 0 Å². The first-order chi connectivity index (χ1) is 8.97. The summed E-state index contributed by atoms with van der Waals surface area (Å²) in [6, 6.07) is 1.09. The molecule has 0 saturated carbocycles. The third-order valence-corrected chi connectivity index (χ3v) is 2.76. The van der Waals surface area contributed by atoms with Gasteiger partial charge in [0.1, 0.15) is 17.0 Å². The third kappa shape index (κ3) is 3.03. The lowest BCUT2D eigenvalue weighted by atomic mass is 10.2. The van der Waals surface area contributed by atoms with Crippen molar-refractivity contribution in [1.82, 2.24) is 15.3 Å². The lowest BCUT2D eigenvalue weighted by Crippen LogP contribution is -2.27. The molecule has 0 saturated heterocycles. The van der Waals surface area contributed by atoms with Crippen LogP contribution in [0.15, 0.2) is 22.9 Å². The number of halogens is 1. The van der Waals surface area contributed by atoms with E-state index in [0.29, 0.717) is 17.3 Å². The highest BCUT2D eigenvalue weighted by Crippen LogP contribution is 2.18. The minimum atomic E-state index is -0.381. The minimum Gasteiger partial charge on any atom is -0.444 e. The van der Waals surface area contributed by atoms with E-state index in [-0.39, 0.29) is 22.7 Å². The van der Waals surface area contributed by atoms with E-state index >= 15 is 0 Å². The molecule has 0 aliphatic carbocycles. The van der Waals surface area contributed by atoms with Crippen molar-refractivity contribution in [2.75, 3.05) is 5.73 Å². The van der Waals surface area contributed by atoms with Gasteiger partial charge < -0.3 is 15.5 Å². The number of aryl methyl sites for hydroxylation is 1. The van der Waals surface area contributed by atoms with Crippen LogP contribution in [-0.4, -0.2) is 15.9 Å². The maximum Gasteiger partial charge on any atom is 0.255 e. The van der Waals surface area contributed by atoms with Crippen LogP contribution in [0.2, 0.25) is 5.15 Å². The molecule has 2 aromatic rings. The molecule has 0 radical (unpaired) electrons. The summed E-state index contributed by atoms with van der Waals surface area (Å²) in [5.74, 6) is 0.728. The van der Waals surface area contributed by atoms with Crippen LogP contribution in [0.5, 0.6) is 0 Å². The van der Waals surface area contributed by atoms with Gasteiger partial charge in [0.25, 0.3) is 5.91 Å². The summed E-state index contributed by atoms with van der Waals surface area (Å²) in [4.78, 5) is 19.9. The van der Waals surface area contributed by atoms with Crippen molar-refractivity contribution in [3.8, 4) is 0 Å². The summed E-state index contributed by atoms with van der Waals surface area (Å²) >= 11 is 5.86. The first-order valence-electron chi connectivity index (χ1n) is 5.61. The number of rotatable bonds is 3. The molecular weight excluding hydrogens is 268 g/mol. The third-order valence-electron chi connectivity index (χ3n) is 2.46. The Morgan fingerprint density at radius 3 is 2.84 bits per heavy atom. The van der Waals surface area contributed by atoms with E-state index in [1.165, 1.54) is 12.3 Å². The summed E-state index contributed by atoms with van der Waals surface area (Å²) in [6.07, 6.45) is 2.98. The number of hydrogen-bond acceptors (Lipinski definition) is 5. The Morgan fingerprint density at radius 1 is 1.47 bits per heavy atom. The van der Waals surface area contributed by atoms with Crippen molar-refractivity contribution in [2.45, 2.75) is 19.9 Å². The molecular formula is C12H13ClN4O2. The Hall–Kier alpha value is -2.08. The maximum atomic E-state index is 12.0. The predicted molar refractivity (Wildman–Crippen MR) is 70.8 cm³/mol. The quantitative estimate of drug-likeness (QED) is 0.840. The summed E-state index contributed by atoms with van der Waals surface area (Å²) < 4.78 is 5.34. The first kappa shape index (κ1) is 13.4. The molecule has 6 nitrogen and oxygen atoms in total. The zero-order valence-corrected chi connectivity index (χ0v) is 11.2. The van der Waals surface area contributed by atoms with E-state index in [1.54, 1.807) is 20.0 Å². The molecule has 0 fully saturated rings. The summed E-state index contributed by atoms with van der Waals surface area (Å²) in [5, 5.41) is 2.82. The molecule has 0 aliphatic heterocycles. The number of nitrogen functional groups attached to an aromatic ring is 1. The van der Waals surface area contributed by atoms with Crippen LogP contribution >= 0.6 is 11.6 Å². The maximum absolute atomic E-state index is 12.0. The molecule has 1 atom stereocenters. The van der Waals surface area contributed by atoms with Crippen LogP contribution in [0.3, 0.4) is 0 Å². The van der Waals surface area contributed by atoms with Crippen LogP contribution in [0, 0.1) is 6.92 Å². The van der Waals surface area contributed by atoms with Gasteiger partial charge in [-0.05, 0) is 19.9 Å². The Balaban J connectivity index is 2.15. The van der Waals surface area contributed by atoms with Gasteiger partial charge in [0.05, 0.1) is 23.6 Å². The highest BCUT2D eigenvalue weighted by molar-refractivity contribution is 6.32. The molecule has 0 aliphatic rings. The van der Waals surface area contributed by atoms with Crippen molar-refractivity contribution < 1.29 is 9.21 Å². The second-order valence-electron chi connectivity index (χ2n) is 4.11.